The molecule has 0 aliphatic heterocycles. The van der Waals surface area contributed by atoms with Crippen LogP contribution in [0.1, 0.15) is 24.1 Å². The van der Waals surface area contributed by atoms with Crippen LogP contribution in [0.3, 0.4) is 0 Å². The van der Waals surface area contributed by atoms with E-state index >= 15 is 0 Å². The van der Waals surface area contributed by atoms with E-state index in [0.29, 0.717) is 6.04 Å². The zero-order chi connectivity index (χ0) is 12.0. The van der Waals surface area contributed by atoms with E-state index in [4.69, 9.17) is 4.74 Å². The lowest BCUT2D eigenvalue weighted by atomic mass is 10.0. The first-order valence-corrected chi connectivity index (χ1v) is 6.99. The molecule has 16 heavy (non-hydrogen) atoms. The van der Waals surface area contributed by atoms with E-state index < -0.39 is 0 Å². The van der Waals surface area contributed by atoms with Gasteiger partial charge in [0.05, 0.1) is 7.11 Å². The Kier molecular flexibility index (Phi) is 5.71. The third-order valence-electron chi connectivity index (χ3n) is 2.77. The molecule has 1 N–H and O–H groups in total. The number of methoxy groups -OCH3 is 1. The highest BCUT2D eigenvalue weighted by Crippen LogP contribution is 2.25. The Balaban J connectivity index is 2.96. The van der Waals surface area contributed by atoms with Crippen molar-refractivity contribution in [3.63, 3.8) is 0 Å². The molecule has 1 aromatic carbocycles. The van der Waals surface area contributed by atoms with E-state index in [0.717, 1.165) is 17.9 Å². The van der Waals surface area contributed by atoms with Crippen molar-refractivity contribution in [1.29, 1.82) is 0 Å². The summed E-state index contributed by atoms with van der Waals surface area (Å²) in [7, 11) is 3.74. The highest BCUT2D eigenvalue weighted by atomic mass is 32.2. The lowest BCUT2D eigenvalue weighted by Gasteiger charge is -2.17. The number of ether oxygens (including phenoxy) is 1. The number of benzene rings is 1. The largest absolute Gasteiger partial charge is 0.496 e. The molecule has 90 valence electrons. The fourth-order valence-electron chi connectivity index (χ4n) is 1.80. The van der Waals surface area contributed by atoms with Gasteiger partial charge in [-0.15, -0.1) is 0 Å². The molecule has 0 saturated heterocycles. The van der Waals surface area contributed by atoms with Crippen molar-refractivity contribution in [2.45, 2.75) is 19.4 Å². The van der Waals surface area contributed by atoms with E-state index in [9.17, 15) is 0 Å². The fourth-order valence-corrected chi connectivity index (χ4v) is 2.50. The topological polar surface area (TPSA) is 21.3 Å². The lowest BCUT2D eigenvalue weighted by Crippen LogP contribution is -2.18. The van der Waals surface area contributed by atoms with Crippen molar-refractivity contribution < 1.29 is 4.74 Å². The maximum atomic E-state index is 5.34. The summed E-state index contributed by atoms with van der Waals surface area (Å²) >= 11 is 1.86. The standard InChI is InChI=1S/C13H21NOS/c1-5-10-8-11(6-7-13(10)15-3)12(14-2)9-16-4/h6-8,12,14H,5,9H2,1-4H3. The number of thioether (sulfide) groups is 1. The Hall–Kier alpha value is -0.670. The van der Waals surface area contributed by atoms with Crippen LogP contribution in [0.5, 0.6) is 5.75 Å². The van der Waals surface area contributed by atoms with Crippen LogP contribution >= 0.6 is 11.8 Å². The summed E-state index contributed by atoms with van der Waals surface area (Å²) in [6, 6.07) is 6.89. The summed E-state index contributed by atoms with van der Waals surface area (Å²) in [5, 5.41) is 3.35. The van der Waals surface area contributed by atoms with Crippen molar-refractivity contribution in [2.24, 2.45) is 0 Å². The molecule has 0 amide bonds. The molecular formula is C13H21NOS. The molecule has 0 aromatic heterocycles. The van der Waals surface area contributed by atoms with Crippen LogP contribution in [0.4, 0.5) is 0 Å². The predicted molar refractivity (Wildman–Crippen MR) is 72.6 cm³/mol. The van der Waals surface area contributed by atoms with Crippen LogP contribution < -0.4 is 10.1 Å². The van der Waals surface area contributed by atoms with Gasteiger partial charge in [-0.1, -0.05) is 19.1 Å². The summed E-state index contributed by atoms with van der Waals surface area (Å²) in [6.45, 7) is 2.16. The van der Waals surface area contributed by atoms with Gasteiger partial charge >= 0.3 is 0 Å². The second-order valence-corrected chi connectivity index (χ2v) is 4.63. The van der Waals surface area contributed by atoms with Gasteiger partial charge in [0.25, 0.3) is 0 Å². The molecule has 0 radical (unpaired) electrons. The second kappa shape index (κ2) is 6.81. The Labute approximate surface area is 103 Å². The first kappa shape index (κ1) is 13.4. The molecule has 0 heterocycles. The molecule has 0 aliphatic carbocycles. The van der Waals surface area contributed by atoms with Crippen LogP contribution in [-0.2, 0) is 6.42 Å². The first-order chi connectivity index (χ1) is 7.76. The van der Waals surface area contributed by atoms with Crippen molar-refractivity contribution in [1.82, 2.24) is 5.32 Å². The molecule has 1 aromatic rings. The summed E-state index contributed by atoms with van der Waals surface area (Å²) < 4.78 is 5.34. The molecule has 2 nitrogen and oxygen atoms in total. The Morgan fingerprint density at radius 3 is 2.69 bits per heavy atom. The maximum absolute atomic E-state index is 5.34. The van der Waals surface area contributed by atoms with E-state index in [-0.39, 0.29) is 0 Å². The van der Waals surface area contributed by atoms with Gasteiger partial charge in [-0.25, -0.2) is 0 Å². The van der Waals surface area contributed by atoms with Gasteiger partial charge < -0.3 is 10.1 Å². The highest BCUT2D eigenvalue weighted by molar-refractivity contribution is 7.98. The molecule has 3 heteroatoms. The van der Waals surface area contributed by atoms with Crippen LogP contribution in [-0.4, -0.2) is 26.2 Å². The summed E-state index contributed by atoms with van der Waals surface area (Å²) in [5.74, 6) is 2.08. The predicted octanol–water partition coefficient (Wildman–Crippen LogP) is 2.88. The van der Waals surface area contributed by atoms with E-state index in [1.165, 1.54) is 11.1 Å². The number of aryl methyl sites for hydroxylation is 1. The van der Waals surface area contributed by atoms with Crippen molar-refractivity contribution in [3.05, 3.63) is 29.3 Å². The number of hydrogen-bond donors (Lipinski definition) is 1. The summed E-state index contributed by atoms with van der Waals surface area (Å²) in [4.78, 5) is 0. The first-order valence-electron chi connectivity index (χ1n) is 5.59. The van der Waals surface area contributed by atoms with E-state index in [1.807, 2.05) is 18.8 Å². The third-order valence-corrected chi connectivity index (χ3v) is 3.44. The smallest absolute Gasteiger partial charge is 0.122 e. The van der Waals surface area contributed by atoms with Crippen molar-refractivity contribution in [3.8, 4) is 5.75 Å². The fraction of sp³-hybridized carbons (Fsp3) is 0.538. The van der Waals surface area contributed by atoms with Gasteiger partial charge in [0, 0.05) is 11.8 Å². The molecular weight excluding hydrogens is 218 g/mol. The molecule has 0 saturated carbocycles. The molecule has 1 atom stereocenters. The van der Waals surface area contributed by atoms with Crippen LogP contribution in [0.15, 0.2) is 18.2 Å². The molecule has 0 spiro atoms. The third kappa shape index (κ3) is 3.16. The number of nitrogens with one attached hydrogen (secondary N) is 1. The van der Waals surface area contributed by atoms with Crippen molar-refractivity contribution >= 4 is 11.8 Å². The minimum absolute atomic E-state index is 0.422. The zero-order valence-electron chi connectivity index (χ0n) is 10.5. The molecule has 0 fully saturated rings. The SMILES string of the molecule is CCc1cc(C(CSC)NC)ccc1OC. The van der Waals surface area contributed by atoms with Crippen LogP contribution in [0.25, 0.3) is 0 Å². The van der Waals surface area contributed by atoms with Gasteiger partial charge in [0.15, 0.2) is 0 Å². The molecule has 0 bridgehead atoms. The lowest BCUT2D eigenvalue weighted by molar-refractivity contribution is 0.409. The second-order valence-electron chi connectivity index (χ2n) is 3.72. The van der Waals surface area contributed by atoms with Gasteiger partial charge in [-0.2, -0.15) is 11.8 Å². The minimum atomic E-state index is 0.422. The van der Waals surface area contributed by atoms with Gasteiger partial charge in [0.1, 0.15) is 5.75 Å². The highest BCUT2D eigenvalue weighted by Gasteiger charge is 2.10. The monoisotopic (exact) mass is 239 g/mol. The van der Waals surface area contributed by atoms with Gasteiger partial charge in [-0.3, -0.25) is 0 Å². The maximum Gasteiger partial charge on any atom is 0.122 e. The Morgan fingerprint density at radius 1 is 1.44 bits per heavy atom. The molecule has 1 unspecified atom stereocenters. The number of hydrogen-bond acceptors (Lipinski definition) is 3. The quantitative estimate of drug-likeness (QED) is 0.825. The van der Waals surface area contributed by atoms with Gasteiger partial charge in [0.2, 0.25) is 0 Å². The Bertz CT molecular complexity index is 328. The van der Waals surface area contributed by atoms with E-state index in [1.54, 1.807) is 7.11 Å². The van der Waals surface area contributed by atoms with Gasteiger partial charge in [-0.05, 0) is 36.9 Å². The van der Waals surface area contributed by atoms with Crippen molar-refractivity contribution in [2.75, 3.05) is 26.2 Å². The summed E-state index contributed by atoms with van der Waals surface area (Å²) in [5.41, 5.74) is 2.62. The summed E-state index contributed by atoms with van der Waals surface area (Å²) in [6.07, 6.45) is 3.14. The van der Waals surface area contributed by atoms with Crippen LogP contribution in [0, 0.1) is 0 Å². The molecule has 0 aliphatic rings. The minimum Gasteiger partial charge on any atom is -0.496 e. The average Bonchev–Trinajstić information content (AvgIpc) is 2.35. The average molecular weight is 239 g/mol. The zero-order valence-corrected chi connectivity index (χ0v) is 11.4. The van der Waals surface area contributed by atoms with Crippen LogP contribution in [0.2, 0.25) is 0 Å². The number of rotatable bonds is 6. The molecule has 1 rings (SSSR count). The normalized spacial score (nSPS) is 12.5. The Morgan fingerprint density at radius 2 is 2.19 bits per heavy atom. The van der Waals surface area contributed by atoms with E-state index in [2.05, 4.69) is 36.7 Å².